The van der Waals surface area contributed by atoms with E-state index in [1.54, 1.807) is 32.5 Å². The summed E-state index contributed by atoms with van der Waals surface area (Å²) in [5, 5.41) is 3.32. The van der Waals surface area contributed by atoms with Gasteiger partial charge in [0.2, 0.25) is 0 Å². The molecule has 0 fully saturated rings. The lowest BCUT2D eigenvalue weighted by atomic mass is 9.87. The summed E-state index contributed by atoms with van der Waals surface area (Å²) in [6.45, 7) is 5.64. The maximum atomic E-state index is 12.9. The molecule has 1 atom stereocenters. The van der Waals surface area contributed by atoms with Gasteiger partial charge in [-0.25, -0.2) is 4.79 Å². The summed E-state index contributed by atoms with van der Waals surface area (Å²) in [7, 11) is -1.62. The SMILES string of the molecule is COC(OC)C(CCc1ccc(Sc2cccc(OCc3ccccc3)c2)cc1Cl)(CCP(=O)(O)O)NC(=O)OC(C)(C)C. The monoisotopic (exact) mass is 665 g/mol. The Labute approximate surface area is 268 Å². The molecule has 0 bridgehead atoms. The minimum Gasteiger partial charge on any atom is -0.489 e. The molecule has 9 nitrogen and oxygen atoms in total. The van der Waals surface area contributed by atoms with Gasteiger partial charge in [0.15, 0.2) is 6.29 Å². The van der Waals surface area contributed by atoms with Crippen molar-refractivity contribution in [3.05, 3.63) is 88.9 Å². The number of hydrogen-bond acceptors (Lipinski definition) is 7. The van der Waals surface area contributed by atoms with Crippen molar-refractivity contribution < 1.29 is 38.1 Å². The summed E-state index contributed by atoms with van der Waals surface area (Å²) in [5.74, 6) is 0.761. The summed E-state index contributed by atoms with van der Waals surface area (Å²) in [6, 6.07) is 23.5. The standard InChI is InChI=1S/C32H41ClNO8PS/c1-31(2,3)42-30(35)34-32(29(39-4)40-5,18-19-43(36,37)38)17-16-24-14-15-27(21-28(24)33)44-26-13-9-12-25(20-26)41-22-23-10-7-6-8-11-23/h6-15,20-21,29H,16-19,22H2,1-5H3,(H,34,35)(H2,36,37,38). The van der Waals surface area contributed by atoms with E-state index in [-0.39, 0.29) is 12.8 Å². The molecular weight excluding hydrogens is 625 g/mol. The van der Waals surface area contributed by atoms with Gasteiger partial charge in [0.05, 0.1) is 11.7 Å². The Morgan fingerprint density at radius 3 is 2.25 bits per heavy atom. The number of alkyl carbamates (subject to hydrolysis) is 1. The van der Waals surface area contributed by atoms with Gasteiger partial charge in [-0.05, 0) is 81.5 Å². The molecule has 0 saturated heterocycles. The zero-order valence-electron chi connectivity index (χ0n) is 25.6. The van der Waals surface area contributed by atoms with E-state index in [0.717, 1.165) is 26.7 Å². The lowest BCUT2D eigenvalue weighted by Gasteiger charge is -2.40. The molecule has 0 aromatic heterocycles. The molecule has 3 N–H and O–H groups in total. The highest BCUT2D eigenvalue weighted by Crippen LogP contribution is 2.40. The van der Waals surface area contributed by atoms with Crippen molar-refractivity contribution in [2.45, 2.75) is 73.9 Å². The molecule has 0 spiro atoms. The average Bonchev–Trinajstić information content (AvgIpc) is 2.94. The Bertz CT molecular complexity index is 1410. The fourth-order valence-corrected chi connectivity index (χ4v) is 6.54. The lowest BCUT2D eigenvalue weighted by Crippen LogP contribution is -2.59. The Morgan fingerprint density at radius 2 is 1.64 bits per heavy atom. The summed E-state index contributed by atoms with van der Waals surface area (Å²) >= 11 is 8.27. The van der Waals surface area contributed by atoms with Gasteiger partial charge in [-0.2, -0.15) is 0 Å². The van der Waals surface area contributed by atoms with E-state index in [2.05, 4.69) is 5.32 Å². The van der Waals surface area contributed by atoms with Crippen molar-refractivity contribution >= 4 is 37.1 Å². The van der Waals surface area contributed by atoms with Crippen molar-refractivity contribution in [1.29, 1.82) is 0 Å². The number of carbonyl (C=O) groups is 1. The highest BCUT2D eigenvalue weighted by atomic mass is 35.5. The number of rotatable bonds is 15. The van der Waals surface area contributed by atoms with E-state index in [4.69, 9.17) is 30.5 Å². The number of hydrogen-bond donors (Lipinski definition) is 3. The van der Waals surface area contributed by atoms with E-state index < -0.39 is 37.3 Å². The lowest BCUT2D eigenvalue weighted by molar-refractivity contribution is -0.158. The topological polar surface area (TPSA) is 124 Å². The van der Waals surface area contributed by atoms with Gasteiger partial charge in [0, 0.05) is 29.0 Å². The number of aryl methyl sites for hydroxylation is 1. The van der Waals surface area contributed by atoms with Crippen molar-refractivity contribution in [3.8, 4) is 5.75 Å². The Morgan fingerprint density at radius 1 is 0.955 bits per heavy atom. The zero-order chi connectivity index (χ0) is 32.4. The summed E-state index contributed by atoms with van der Waals surface area (Å²) in [4.78, 5) is 34.1. The highest BCUT2D eigenvalue weighted by Gasteiger charge is 2.43. The first kappa shape index (κ1) is 35.9. The minimum absolute atomic E-state index is 0.128. The maximum Gasteiger partial charge on any atom is 0.408 e. The van der Waals surface area contributed by atoms with Crippen molar-refractivity contribution in [2.24, 2.45) is 0 Å². The van der Waals surface area contributed by atoms with E-state index in [1.807, 2.05) is 72.8 Å². The van der Waals surface area contributed by atoms with Crippen molar-refractivity contribution in [1.82, 2.24) is 5.32 Å². The molecule has 44 heavy (non-hydrogen) atoms. The Balaban J connectivity index is 1.77. The molecule has 0 aliphatic rings. The van der Waals surface area contributed by atoms with Crippen LogP contribution in [0.1, 0.15) is 44.7 Å². The number of ether oxygens (including phenoxy) is 4. The molecule has 1 unspecified atom stereocenters. The van der Waals surface area contributed by atoms with Gasteiger partial charge in [-0.1, -0.05) is 65.8 Å². The normalized spacial score (nSPS) is 13.4. The molecule has 3 aromatic carbocycles. The van der Waals surface area contributed by atoms with Crippen LogP contribution in [0.2, 0.25) is 5.02 Å². The average molecular weight is 666 g/mol. The largest absolute Gasteiger partial charge is 0.489 e. The molecule has 3 rings (SSSR count). The van der Waals surface area contributed by atoms with Crippen LogP contribution in [0.5, 0.6) is 5.75 Å². The molecule has 1 amide bonds. The Hall–Kier alpha value is -2.56. The number of methoxy groups -OCH3 is 2. The quantitative estimate of drug-likeness (QED) is 0.112. The van der Waals surface area contributed by atoms with Crippen LogP contribution in [-0.2, 0) is 31.8 Å². The van der Waals surface area contributed by atoms with Crippen LogP contribution >= 0.6 is 31.0 Å². The molecule has 0 radical (unpaired) electrons. The number of nitrogens with one attached hydrogen (secondary N) is 1. The third-order valence-corrected chi connectivity index (χ3v) is 8.77. The van der Waals surface area contributed by atoms with Gasteiger partial charge < -0.3 is 34.1 Å². The number of amides is 1. The third-order valence-electron chi connectivity index (χ3n) is 6.63. The summed E-state index contributed by atoms with van der Waals surface area (Å²) in [5.41, 5.74) is -0.251. The van der Waals surface area contributed by atoms with Crippen LogP contribution in [-0.4, -0.2) is 53.7 Å². The van der Waals surface area contributed by atoms with E-state index >= 15 is 0 Å². The predicted molar refractivity (Wildman–Crippen MR) is 173 cm³/mol. The molecule has 12 heteroatoms. The smallest absolute Gasteiger partial charge is 0.408 e. The Kier molecular flexibility index (Phi) is 13.2. The molecule has 240 valence electrons. The zero-order valence-corrected chi connectivity index (χ0v) is 28.1. The molecule has 0 heterocycles. The number of halogens is 1. The maximum absolute atomic E-state index is 12.9. The molecule has 0 saturated carbocycles. The summed E-state index contributed by atoms with van der Waals surface area (Å²) in [6.07, 6.45) is -1.85. The first-order valence-electron chi connectivity index (χ1n) is 14.1. The van der Waals surface area contributed by atoms with Crippen molar-refractivity contribution in [2.75, 3.05) is 20.4 Å². The first-order valence-corrected chi connectivity index (χ1v) is 17.1. The van der Waals surface area contributed by atoms with Crippen LogP contribution in [0, 0.1) is 0 Å². The van der Waals surface area contributed by atoms with E-state index in [0.29, 0.717) is 18.1 Å². The van der Waals surface area contributed by atoms with Gasteiger partial charge in [-0.15, -0.1) is 0 Å². The fourth-order valence-electron chi connectivity index (χ4n) is 4.60. The van der Waals surface area contributed by atoms with Crippen LogP contribution < -0.4 is 10.1 Å². The van der Waals surface area contributed by atoms with Crippen molar-refractivity contribution in [3.63, 3.8) is 0 Å². The van der Waals surface area contributed by atoms with Crippen LogP contribution in [0.3, 0.4) is 0 Å². The van der Waals surface area contributed by atoms with Crippen LogP contribution in [0.4, 0.5) is 4.79 Å². The molecular formula is C32H41ClNO8PS. The van der Waals surface area contributed by atoms with Gasteiger partial charge in [-0.3, -0.25) is 4.57 Å². The second-order valence-electron chi connectivity index (χ2n) is 11.3. The highest BCUT2D eigenvalue weighted by molar-refractivity contribution is 7.99. The van der Waals surface area contributed by atoms with Gasteiger partial charge in [0.25, 0.3) is 0 Å². The van der Waals surface area contributed by atoms with Gasteiger partial charge >= 0.3 is 13.7 Å². The second kappa shape index (κ2) is 16.1. The molecule has 3 aromatic rings. The second-order valence-corrected chi connectivity index (χ2v) is 14.7. The fraction of sp³-hybridized carbons (Fsp3) is 0.406. The van der Waals surface area contributed by atoms with E-state index in [1.165, 1.54) is 14.2 Å². The van der Waals surface area contributed by atoms with Crippen LogP contribution in [0.25, 0.3) is 0 Å². The molecule has 0 aliphatic heterocycles. The van der Waals surface area contributed by atoms with E-state index in [9.17, 15) is 19.1 Å². The molecule has 0 aliphatic carbocycles. The predicted octanol–water partition coefficient (Wildman–Crippen LogP) is 7.45. The van der Waals surface area contributed by atoms with Gasteiger partial charge in [0.1, 0.15) is 18.0 Å². The van der Waals surface area contributed by atoms with Crippen LogP contribution in [0.15, 0.2) is 82.6 Å². The first-order chi connectivity index (χ1) is 20.7. The number of benzene rings is 3. The summed E-state index contributed by atoms with van der Waals surface area (Å²) < 4.78 is 34.3. The third kappa shape index (κ3) is 11.7. The minimum atomic E-state index is -4.42. The number of carbonyl (C=O) groups excluding carboxylic acids is 1.